The molecule has 184 valence electrons. The number of nitrogens with zero attached hydrogens (tertiary/aromatic N) is 2. The van der Waals surface area contributed by atoms with Gasteiger partial charge in [-0.1, -0.05) is 31.5 Å². The summed E-state index contributed by atoms with van der Waals surface area (Å²) in [6.07, 6.45) is 1.28. The highest BCUT2D eigenvalue weighted by Crippen LogP contribution is 2.19. The molecule has 0 saturated carbocycles. The molecule has 1 fully saturated rings. The van der Waals surface area contributed by atoms with Crippen LogP contribution in [-0.4, -0.2) is 61.1 Å². The molecule has 7 nitrogen and oxygen atoms in total. The lowest BCUT2D eigenvalue weighted by Gasteiger charge is -2.36. The predicted molar refractivity (Wildman–Crippen MR) is 125 cm³/mol. The minimum Gasteiger partial charge on any atom is -0.494 e. The van der Waals surface area contributed by atoms with Crippen LogP contribution in [0.3, 0.4) is 0 Å². The van der Waals surface area contributed by atoms with Gasteiger partial charge in [-0.2, -0.15) is 0 Å². The van der Waals surface area contributed by atoms with Gasteiger partial charge in [-0.3, -0.25) is 9.69 Å². The minimum absolute atomic E-state index is 0.103. The average molecular weight is 475 g/mol. The second-order valence-corrected chi connectivity index (χ2v) is 8.37. The summed E-state index contributed by atoms with van der Waals surface area (Å²) in [5.74, 6) is -0.609. The number of rotatable bonds is 9. The van der Waals surface area contributed by atoms with Gasteiger partial charge in [0.05, 0.1) is 7.11 Å². The fraction of sp³-hybridized carbons (Fsp3) is 0.440. The largest absolute Gasteiger partial charge is 0.494 e. The number of ether oxygens (including phenoxy) is 1. The van der Waals surface area contributed by atoms with Crippen molar-refractivity contribution in [3.05, 3.63) is 65.2 Å². The zero-order valence-electron chi connectivity index (χ0n) is 19.7. The SMILES string of the molecule is CCCC(NC(=O)NCc1ccc(F)cc1)C(=O)N1CCN(Cc2ccc(OC)c(F)c2)CC1. The number of hydrogen-bond acceptors (Lipinski definition) is 4. The Morgan fingerprint density at radius 2 is 1.71 bits per heavy atom. The van der Waals surface area contributed by atoms with E-state index in [0.717, 1.165) is 17.5 Å². The van der Waals surface area contributed by atoms with E-state index < -0.39 is 12.1 Å². The molecule has 0 aromatic heterocycles. The lowest BCUT2D eigenvalue weighted by Crippen LogP contribution is -2.55. The maximum atomic E-state index is 14.0. The van der Waals surface area contributed by atoms with Crippen molar-refractivity contribution in [3.63, 3.8) is 0 Å². The van der Waals surface area contributed by atoms with Crippen molar-refractivity contribution in [2.24, 2.45) is 0 Å². The van der Waals surface area contributed by atoms with Crippen molar-refractivity contribution in [1.29, 1.82) is 0 Å². The lowest BCUT2D eigenvalue weighted by molar-refractivity contribution is -0.135. The van der Waals surface area contributed by atoms with E-state index in [0.29, 0.717) is 39.1 Å². The Labute approximate surface area is 199 Å². The molecule has 1 heterocycles. The molecule has 1 atom stereocenters. The van der Waals surface area contributed by atoms with Crippen LogP contribution in [0, 0.1) is 11.6 Å². The molecule has 1 saturated heterocycles. The fourth-order valence-corrected chi connectivity index (χ4v) is 3.95. The monoisotopic (exact) mass is 474 g/mol. The number of halogens is 2. The van der Waals surface area contributed by atoms with E-state index in [1.54, 1.807) is 23.1 Å². The maximum Gasteiger partial charge on any atom is 0.315 e. The number of amides is 3. The molecule has 0 aliphatic carbocycles. The van der Waals surface area contributed by atoms with Crippen LogP contribution in [-0.2, 0) is 17.9 Å². The summed E-state index contributed by atoms with van der Waals surface area (Å²) in [4.78, 5) is 29.4. The summed E-state index contributed by atoms with van der Waals surface area (Å²) in [5, 5.41) is 5.50. The van der Waals surface area contributed by atoms with E-state index in [1.807, 2.05) is 13.0 Å². The van der Waals surface area contributed by atoms with Gasteiger partial charge in [-0.15, -0.1) is 0 Å². The Morgan fingerprint density at radius 1 is 1.03 bits per heavy atom. The quantitative estimate of drug-likeness (QED) is 0.585. The Balaban J connectivity index is 1.48. The van der Waals surface area contributed by atoms with Gasteiger partial charge in [0.1, 0.15) is 11.9 Å². The Hall–Kier alpha value is -3.20. The third-order valence-electron chi connectivity index (χ3n) is 5.85. The first-order valence-electron chi connectivity index (χ1n) is 11.5. The number of carbonyl (C=O) groups is 2. The second-order valence-electron chi connectivity index (χ2n) is 8.37. The molecule has 0 spiro atoms. The van der Waals surface area contributed by atoms with Gasteiger partial charge in [-0.25, -0.2) is 13.6 Å². The lowest BCUT2D eigenvalue weighted by atomic mass is 10.1. The summed E-state index contributed by atoms with van der Waals surface area (Å²) in [5.41, 5.74) is 1.62. The second kappa shape index (κ2) is 12.3. The van der Waals surface area contributed by atoms with Crippen LogP contribution >= 0.6 is 0 Å². The van der Waals surface area contributed by atoms with Gasteiger partial charge in [0.2, 0.25) is 5.91 Å². The van der Waals surface area contributed by atoms with Crippen LogP contribution in [0.5, 0.6) is 5.75 Å². The number of carbonyl (C=O) groups excluding carboxylic acids is 2. The first kappa shape index (κ1) is 25.4. The minimum atomic E-state index is -0.611. The number of benzene rings is 2. The van der Waals surface area contributed by atoms with E-state index >= 15 is 0 Å². The maximum absolute atomic E-state index is 14.0. The van der Waals surface area contributed by atoms with Gasteiger partial charge in [0, 0.05) is 39.3 Å². The van der Waals surface area contributed by atoms with Gasteiger partial charge in [0.15, 0.2) is 11.6 Å². The molecule has 3 rings (SSSR count). The molecular formula is C25H32F2N4O3. The zero-order valence-corrected chi connectivity index (χ0v) is 19.7. The van der Waals surface area contributed by atoms with Crippen molar-refractivity contribution in [1.82, 2.24) is 20.4 Å². The molecule has 2 aromatic carbocycles. The highest BCUT2D eigenvalue weighted by atomic mass is 19.1. The summed E-state index contributed by atoms with van der Waals surface area (Å²) < 4.78 is 31.9. The molecule has 0 radical (unpaired) electrons. The number of hydrogen-bond donors (Lipinski definition) is 2. The van der Waals surface area contributed by atoms with Crippen LogP contribution in [0.2, 0.25) is 0 Å². The first-order valence-corrected chi connectivity index (χ1v) is 11.5. The molecule has 2 N–H and O–H groups in total. The standard InChI is InChI=1S/C25H32F2N4O3/c1-3-4-22(29-25(33)28-16-18-5-8-20(26)9-6-18)24(32)31-13-11-30(12-14-31)17-19-7-10-23(34-2)21(27)15-19/h5-10,15,22H,3-4,11-14,16-17H2,1-2H3,(H2,28,29,33). The number of methoxy groups -OCH3 is 1. The van der Waals surface area contributed by atoms with Crippen LogP contribution < -0.4 is 15.4 Å². The number of urea groups is 1. The summed E-state index contributed by atoms with van der Waals surface area (Å²) >= 11 is 0. The molecule has 1 aliphatic rings. The van der Waals surface area contributed by atoms with E-state index in [2.05, 4.69) is 15.5 Å². The van der Waals surface area contributed by atoms with Gasteiger partial charge in [0.25, 0.3) is 0 Å². The van der Waals surface area contributed by atoms with Crippen molar-refractivity contribution in [2.45, 2.75) is 38.9 Å². The Kier molecular flexibility index (Phi) is 9.21. The van der Waals surface area contributed by atoms with Gasteiger partial charge < -0.3 is 20.3 Å². The van der Waals surface area contributed by atoms with E-state index in [-0.39, 0.29) is 29.8 Å². The molecule has 1 unspecified atom stereocenters. The predicted octanol–water partition coefficient (Wildman–Crippen LogP) is 3.29. The van der Waals surface area contributed by atoms with E-state index in [1.165, 1.54) is 25.3 Å². The van der Waals surface area contributed by atoms with Crippen molar-refractivity contribution < 1.29 is 23.1 Å². The molecule has 9 heteroatoms. The molecule has 3 amide bonds. The molecule has 1 aliphatic heterocycles. The van der Waals surface area contributed by atoms with Crippen molar-refractivity contribution >= 4 is 11.9 Å². The summed E-state index contributed by atoms with van der Waals surface area (Å²) in [6, 6.07) is 9.76. The summed E-state index contributed by atoms with van der Waals surface area (Å²) in [6.45, 7) is 5.19. The average Bonchev–Trinajstić information content (AvgIpc) is 2.83. The number of piperazine rings is 1. The zero-order chi connectivity index (χ0) is 24.5. The molecular weight excluding hydrogens is 442 g/mol. The molecule has 2 aromatic rings. The third-order valence-corrected chi connectivity index (χ3v) is 5.85. The van der Waals surface area contributed by atoms with Crippen LogP contribution in [0.15, 0.2) is 42.5 Å². The van der Waals surface area contributed by atoms with Gasteiger partial charge >= 0.3 is 6.03 Å². The normalized spacial score (nSPS) is 15.0. The van der Waals surface area contributed by atoms with Crippen LogP contribution in [0.4, 0.5) is 13.6 Å². The summed E-state index contributed by atoms with van der Waals surface area (Å²) in [7, 11) is 1.43. The first-order chi connectivity index (χ1) is 16.4. The Bertz CT molecular complexity index is 963. The molecule has 0 bridgehead atoms. The van der Waals surface area contributed by atoms with Gasteiger partial charge in [-0.05, 0) is 41.8 Å². The highest BCUT2D eigenvalue weighted by molar-refractivity contribution is 5.87. The molecule has 34 heavy (non-hydrogen) atoms. The van der Waals surface area contributed by atoms with Crippen molar-refractivity contribution in [3.8, 4) is 5.75 Å². The van der Waals surface area contributed by atoms with Crippen molar-refractivity contribution in [2.75, 3.05) is 33.3 Å². The third kappa shape index (κ3) is 7.15. The fourth-order valence-electron chi connectivity index (χ4n) is 3.95. The number of nitrogens with one attached hydrogen (secondary N) is 2. The topological polar surface area (TPSA) is 73.9 Å². The van der Waals surface area contributed by atoms with E-state index in [9.17, 15) is 18.4 Å². The smallest absolute Gasteiger partial charge is 0.315 e. The highest BCUT2D eigenvalue weighted by Gasteiger charge is 2.28. The van der Waals surface area contributed by atoms with Crippen LogP contribution in [0.1, 0.15) is 30.9 Å². The van der Waals surface area contributed by atoms with Crippen LogP contribution in [0.25, 0.3) is 0 Å². The Morgan fingerprint density at radius 3 is 2.32 bits per heavy atom. The van der Waals surface area contributed by atoms with E-state index in [4.69, 9.17) is 4.74 Å².